The molecule has 0 spiro atoms. The Morgan fingerprint density at radius 2 is 1.88 bits per heavy atom. The van der Waals surface area contributed by atoms with E-state index >= 15 is 0 Å². The second-order valence-electron chi connectivity index (χ2n) is 5.54. The maximum Gasteiger partial charge on any atom is 0.244 e. The van der Waals surface area contributed by atoms with E-state index in [2.05, 4.69) is 10.3 Å². The monoisotopic (exact) mass is 336 g/mol. The summed E-state index contributed by atoms with van der Waals surface area (Å²) in [6.07, 6.45) is 3.10. The second kappa shape index (κ2) is 7.57. The second-order valence-corrected chi connectivity index (χ2v) is 5.54. The molecule has 25 heavy (non-hydrogen) atoms. The average Bonchev–Trinajstić information content (AvgIpc) is 3.10. The van der Waals surface area contributed by atoms with Crippen LogP contribution in [0.5, 0.6) is 0 Å². The summed E-state index contributed by atoms with van der Waals surface area (Å²) < 4.78 is 18.6. The highest BCUT2D eigenvalue weighted by atomic mass is 19.1. The van der Waals surface area contributed by atoms with E-state index in [1.807, 2.05) is 30.3 Å². The summed E-state index contributed by atoms with van der Waals surface area (Å²) in [5, 5.41) is 2.73. The number of benzene rings is 2. The number of hydrogen-bond acceptors (Lipinski definition) is 3. The number of rotatable bonds is 5. The first-order valence-corrected chi connectivity index (χ1v) is 7.84. The largest absolute Gasteiger partial charge is 0.439 e. The Labute approximate surface area is 145 Å². The number of aromatic nitrogens is 1. The number of nitrogens with one attached hydrogen (secondary N) is 1. The molecule has 0 unspecified atom stereocenters. The van der Waals surface area contributed by atoms with Crippen LogP contribution in [0.3, 0.4) is 0 Å². The van der Waals surface area contributed by atoms with Crippen molar-refractivity contribution in [2.24, 2.45) is 0 Å². The highest BCUT2D eigenvalue weighted by Gasteiger charge is 2.07. The zero-order valence-electron chi connectivity index (χ0n) is 13.7. The molecule has 0 saturated heterocycles. The molecule has 5 heteroatoms. The van der Waals surface area contributed by atoms with Crippen LogP contribution in [0, 0.1) is 5.82 Å². The fourth-order valence-electron chi connectivity index (χ4n) is 2.33. The van der Waals surface area contributed by atoms with Crippen molar-refractivity contribution in [3.63, 3.8) is 0 Å². The van der Waals surface area contributed by atoms with E-state index in [1.54, 1.807) is 25.3 Å². The SMILES string of the molecule is C/C(=C\C(=O)NCc1ncc(-c2ccccc2)o1)c1ccc(F)cc1. The maximum atomic E-state index is 12.9. The minimum Gasteiger partial charge on any atom is -0.439 e. The van der Waals surface area contributed by atoms with Gasteiger partial charge in [0.1, 0.15) is 5.82 Å². The molecule has 4 nitrogen and oxygen atoms in total. The molecule has 0 aliphatic heterocycles. The summed E-state index contributed by atoms with van der Waals surface area (Å²) in [5.74, 6) is 0.517. The third-order valence-electron chi connectivity index (χ3n) is 3.67. The zero-order chi connectivity index (χ0) is 17.6. The Morgan fingerprint density at radius 1 is 1.16 bits per heavy atom. The molecule has 126 valence electrons. The summed E-state index contributed by atoms with van der Waals surface area (Å²) in [6, 6.07) is 15.6. The van der Waals surface area contributed by atoms with Gasteiger partial charge >= 0.3 is 0 Å². The minimum absolute atomic E-state index is 0.193. The lowest BCUT2D eigenvalue weighted by molar-refractivity contribution is -0.116. The highest BCUT2D eigenvalue weighted by molar-refractivity contribution is 5.94. The molecule has 3 rings (SSSR count). The van der Waals surface area contributed by atoms with Gasteiger partial charge in [-0.2, -0.15) is 0 Å². The summed E-state index contributed by atoms with van der Waals surface area (Å²) in [5.41, 5.74) is 2.47. The van der Waals surface area contributed by atoms with Gasteiger partial charge in [-0.15, -0.1) is 0 Å². The number of hydrogen-bond donors (Lipinski definition) is 1. The van der Waals surface area contributed by atoms with Crippen LogP contribution in [0.25, 0.3) is 16.9 Å². The standard InChI is InChI=1S/C20H17FN2O2/c1-14(15-7-9-17(21)10-8-15)11-19(24)22-13-20-23-12-18(25-20)16-5-3-2-4-6-16/h2-12H,13H2,1H3,(H,22,24)/b14-11+. The third kappa shape index (κ3) is 4.41. The smallest absolute Gasteiger partial charge is 0.244 e. The van der Waals surface area contributed by atoms with Crippen LogP contribution in [-0.2, 0) is 11.3 Å². The van der Waals surface area contributed by atoms with Gasteiger partial charge in [-0.05, 0) is 30.2 Å². The number of oxazole rings is 1. The molecular formula is C20H17FN2O2. The van der Waals surface area contributed by atoms with E-state index in [0.29, 0.717) is 11.7 Å². The van der Waals surface area contributed by atoms with Crippen molar-refractivity contribution < 1.29 is 13.6 Å². The number of halogens is 1. The van der Waals surface area contributed by atoms with Gasteiger partial charge in [0.05, 0.1) is 12.7 Å². The third-order valence-corrected chi connectivity index (χ3v) is 3.67. The van der Waals surface area contributed by atoms with Gasteiger partial charge in [-0.3, -0.25) is 4.79 Å². The van der Waals surface area contributed by atoms with Crippen molar-refractivity contribution in [3.05, 3.63) is 84.1 Å². The predicted molar refractivity (Wildman–Crippen MR) is 93.8 cm³/mol. The van der Waals surface area contributed by atoms with Gasteiger partial charge in [0.25, 0.3) is 0 Å². The molecule has 1 heterocycles. The molecule has 0 bridgehead atoms. The Kier molecular flexibility index (Phi) is 5.04. The fourth-order valence-corrected chi connectivity index (χ4v) is 2.33. The van der Waals surface area contributed by atoms with Crippen LogP contribution in [0.2, 0.25) is 0 Å². The quantitative estimate of drug-likeness (QED) is 0.711. The van der Waals surface area contributed by atoms with Crippen molar-refractivity contribution in [2.45, 2.75) is 13.5 Å². The Hall–Kier alpha value is -3.21. The molecule has 2 aromatic carbocycles. The first-order chi connectivity index (χ1) is 12.1. The van der Waals surface area contributed by atoms with Crippen LogP contribution >= 0.6 is 0 Å². The molecule has 0 radical (unpaired) electrons. The van der Waals surface area contributed by atoms with Crippen LogP contribution in [-0.4, -0.2) is 10.9 Å². The molecule has 0 atom stereocenters. The van der Waals surface area contributed by atoms with Crippen molar-refractivity contribution in [3.8, 4) is 11.3 Å². The molecule has 0 aliphatic rings. The van der Waals surface area contributed by atoms with Crippen molar-refractivity contribution in [1.29, 1.82) is 0 Å². The Morgan fingerprint density at radius 3 is 2.60 bits per heavy atom. The number of amides is 1. The van der Waals surface area contributed by atoms with Crippen LogP contribution in [0.1, 0.15) is 18.4 Å². The lowest BCUT2D eigenvalue weighted by Crippen LogP contribution is -2.20. The Balaban J connectivity index is 1.60. The first-order valence-electron chi connectivity index (χ1n) is 7.84. The topological polar surface area (TPSA) is 55.1 Å². The molecule has 3 aromatic rings. The van der Waals surface area contributed by atoms with Crippen molar-refractivity contribution in [2.75, 3.05) is 0 Å². The first kappa shape index (κ1) is 16.6. The molecule has 0 fully saturated rings. The maximum absolute atomic E-state index is 12.9. The molecule has 1 aromatic heterocycles. The predicted octanol–water partition coefficient (Wildman–Crippen LogP) is 4.20. The van der Waals surface area contributed by atoms with E-state index in [9.17, 15) is 9.18 Å². The van der Waals surface area contributed by atoms with E-state index in [-0.39, 0.29) is 18.3 Å². The van der Waals surface area contributed by atoms with Gasteiger partial charge in [0, 0.05) is 11.6 Å². The average molecular weight is 336 g/mol. The van der Waals surface area contributed by atoms with Gasteiger partial charge in [0.15, 0.2) is 5.76 Å². The Bertz CT molecular complexity index is 884. The fraction of sp³-hybridized carbons (Fsp3) is 0.100. The summed E-state index contributed by atoms with van der Waals surface area (Å²) >= 11 is 0. The lowest BCUT2D eigenvalue weighted by Gasteiger charge is -2.03. The summed E-state index contributed by atoms with van der Waals surface area (Å²) in [4.78, 5) is 16.2. The molecule has 0 saturated carbocycles. The number of nitrogens with zero attached hydrogens (tertiary/aromatic N) is 1. The lowest BCUT2D eigenvalue weighted by atomic mass is 10.1. The normalized spacial score (nSPS) is 11.4. The summed E-state index contributed by atoms with van der Waals surface area (Å²) in [7, 11) is 0. The van der Waals surface area contributed by atoms with Gasteiger partial charge in [0.2, 0.25) is 11.8 Å². The number of carbonyl (C=O) groups excluding carboxylic acids is 1. The zero-order valence-corrected chi connectivity index (χ0v) is 13.7. The number of carbonyl (C=O) groups is 1. The van der Waals surface area contributed by atoms with Gasteiger partial charge < -0.3 is 9.73 Å². The van der Waals surface area contributed by atoms with E-state index in [0.717, 1.165) is 16.7 Å². The van der Waals surface area contributed by atoms with E-state index in [4.69, 9.17) is 4.42 Å². The van der Waals surface area contributed by atoms with Crippen LogP contribution in [0.15, 0.2) is 71.3 Å². The van der Waals surface area contributed by atoms with Gasteiger partial charge in [-0.25, -0.2) is 9.37 Å². The van der Waals surface area contributed by atoms with Gasteiger partial charge in [-0.1, -0.05) is 42.5 Å². The van der Waals surface area contributed by atoms with Crippen molar-refractivity contribution >= 4 is 11.5 Å². The molecular weight excluding hydrogens is 319 g/mol. The number of allylic oxidation sites excluding steroid dienone is 1. The molecule has 1 N–H and O–H groups in total. The highest BCUT2D eigenvalue weighted by Crippen LogP contribution is 2.19. The van der Waals surface area contributed by atoms with Crippen LogP contribution in [0.4, 0.5) is 4.39 Å². The minimum atomic E-state index is -0.306. The molecule has 1 amide bonds. The summed E-state index contributed by atoms with van der Waals surface area (Å²) in [6.45, 7) is 1.99. The van der Waals surface area contributed by atoms with Crippen molar-refractivity contribution in [1.82, 2.24) is 10.3 Å². The molecule has 0 aliphatic carbocycles. The van der Waals surface area contributed by atoms with E-state index in [1.165, 1.54) is 18.2 Å². The van der Waals surface area contributed by atoms with Crippen LogP contribution < -0.4 is 5.32 Å². The van der Waals surface area contributed by atoms with E-state index < -0.39 is 0 Å².